The number of sulfonamides is 1. The Balaban J connectivity index is 1.59. The molecular formula is C21H20F2N2O3S. The molecule has 1 aliphatic heterocycles. The molecule has 5 rings (SSSR count). The van der Waals surface area contributed by atoms with Gasteiger partial charge in [0.05, 0.1) is 5.41 Å². The summed E-state index contributed by atoms with van der Waals surface area (Å²) in [5.41, 5.74) is 2.27. The van der Waals surface area contributed by atoms with Crippen LogP contribution in [0.15, 0.2) is 35.2 Å². The summed E-state index contributed by atoms with van der Waals surface area (Å²) in [6, 6.07) is 5.79. The standard InChI is InChI=1S/C21H20F2N2O3S/c22-13-5-6-18(17(23)9-13)29(27,28)25-14-10-15(12-3-4-12)19-16(11-14)21(20(26)24-19)7-1-2-8-21/h5-6,9-12,25H,1-4,7-8H2,(H,24,26). The molecule has 8 heteroatoms. The molecule has 2 aromatic carbocycles. The molecule has 2 saturated carbocycles. The average molecular weight is 418 g/mol. The molecule has 0 saturated heterocycles. The van der Waals surface area contributed by atoms with Gasteiger partial charge in [-0.2, -0.15) is 0 Å². The summed E-state index contributed by atoms with van der Waals surface area (Å²) in [7, 11) is -4.25. The third-order valence-electron chi connectivity index (χ3n) is 6.27. The van der Waals surface area contributed by atoms with Crippen molar-refractivity contribution in [3.05, 3.63) is 53.1 Å². The van der Waals surface area contributed by atoms with Crippen molar-refractivity contribution in [2.75, 3.05) is 10.0 Å². The van der Waals surface area contributed by atoms with Gasteiger partial charge in [-0.3, -0.25) is 9.52 Å². The zero-order chi connectivity index (χ0) is 20.4. The van der Waals surface area contributed by atoms with Gasteiger partial charge in [-0.1, -0.05) is 12.8 Å². The van der Waals surface area contributed by atoms with E-state index in [1.165, 1.54) is 0 Å². The van der Waals surface area contributed by atoms with Crippen LogP contribution in [0.5, 0.6) is 0 Å². The quantitative estimate of drug-likeness (QED) is 0.773. The Morgan fingerprint density at radius 3 is 2.45 bits per heavy atom. The van der Waals surface area contributed by atoms with Crippen molar-refractivity contribution in [2.24, 2.45) is 0 Å². The van der Waals surface area contributed by atoms with E-state index in [2.05, 4.69) is 10.0 Å². The third-order valence-corrected chi connectivity index (χ3v) is 7.68. The second-order valence-electron chi connectivity index (χ2n) is 8.19. The minimum absolute atomic E-state index is 0.0171. The predicted octanol–water partition coefficient (Wildman–Crippen LogP) is 4.41. The smallest absolute Gasteiger partial charge is 0.264 e. The molecule has 2 N–H and O–H groups in total. The molecule has 0 atom stereocenters. The zero-order valence-electron chi connectivity index (χ0n) is 15.6. The number of amides is 1. The number of nitrogens with one attached hydrogen (secondary N) is 2. The van der Waals surface area contributed by atoms with Crippen LogP contribution >= 0.6 is 0 Å². The number of hydrogen-bond donors (Lipinski definition) is 2. The molecule has 1 heterocycles. The minimum Gasteiger partial charge on any atom is -0.325 e. The molecule has 152 valence electrons. The predicted molar refractivity (Wildman–Crippen MR) is 104 cm³/mol. The summed E-state index contributed by atoms with van der Waals surface area (Å²) in [4.78, 5) is 12.2. The maximum atomic E-state index is 14.1. The number of benzene rings is 2. The lowest BCUT2D eigenvalue weighted by atomic mass is 9.79. The Morgan fingerprint density at radius 1 is 1.07 bits per heavy atom. The normalized spacial score (nSPS) is 20.0. The van der Waals surface area contributed by atoms with Gasteiger partial charge in [-0.15, -0.1) is 0 Å². The van der Waals surface area contributed by atoms with Crippen molar-refractivity contribution in [3.63, 3.8) is 0 Å². The first-order valence-corrected chi connectivity index (χ1v) is 11.3. The molecule has 2 aliphatic carbocycles. The molecule has 1 spiro atoms. The molecule has 0 unspecified atom stereocenters. The van der Waals surface area contributed by atoms with Crippen molar-refractivity contribution in [1.29, 1.82) is 0 Å². The fourth-order valence-corrected chi connectivity index (χ4v) is 5.79. The lowest BCUT2D eigenvalue weighted by molar-refractivity contribution is -0.120. The van der Waals surface area contributed by atoms with Gasteiger partial charge in [0.2, 0.25) is 5.91 Å². The largest absolute Gasteiger partial charge is 0.325 e. The van der Waals surface area contributed by atoms with Gasteiger partial charge < -0.3 is 5.32 Å². The number of hydrogen-bond acceptors (Lipinski definition) is 3. The Labute approximate surface area is 167 Å². The van der Waals surface area contributed by atoms with Gasteiger partial charge in [0.15, 0.2) is 0 Å². The van der Waals surface area contributed by atoms with Crippen LogP contribution in [0.25, 0.3) is 0 Å². The van der Waals surface area contributed by atoms with E-state index in [1.807, 2.05) is 0 Å². The van der Waals surface area contributed by atoms with E-state index in [0.29, 0.717) is 11.8 Å². The summed E-state index contributed by atoms with van der Waals surface area (Å²) in [5.74, 6) is -1.72. The molecule has 29 heavy (non-hydrogen) atoms. The van der Waals surface area contributed by atoms with Crippen molar-refractivity contribution < 1.29 is 22.0 Å². The Morgan fingerprint density at radius 2 is 1.79 bits per heavy atom. The molecule has 1 amide bonds. The maximum Gasteiger partial charge on any atom is 0.264 e. The van der Waals surface area contributed by atoms with E-state index < -0.39 is 32.0 Å². The number of fused-ring (bicyclic) bond motifs is 2. The SMILES string of the molecule is O=C1Nc2c(C3CC3)cc(NS(=O)(=O)c3ccc(F)cc3F)cc2C12CCCC2. The van der Waals surface area contributed by atoms with E-state index in [-0.39, 0.29) is 11.8 Å². The highest BCUT2D eigenvalue weighted by molar-refractivity contribution is 7.92. The molecule has 2 aromatic rings. The van der Waals surface area contributed by atoms with E-state index in [0.717, 1.165) is 67.5 Å². The lowest BCUT2D eigenvalue weighted by Crippen LogP contribution is -2.31. The highest BCUT2D eigenvalue weighted by Crippen LogP contribution is 2.54. The van der Waals surface area contributed by atoms with Crippen LogP contribution in [-0.4, -0.2) is 14.3 Å². The average Bonchev–Trinajstić information content (AvgIpc) is 3.31. The van der Waals surface area contributed by atoms with Gasteiger partial charge in [0.25, 0.3) is 10.0 Å². The van der Waals surface area contributed by atoms with Crippen LogP contribution in [0.4, 0.5) is 20.2 Å². The summed E-state index contributed by atoms with van der Waals surface area (Å²) >= 11 is 0. The van der Waals surface area contributed by atoms with Crippen LogP contribution in [-0.2, 0) is 20.2 Å². The first-order chi connectivity index (χ1) is 13.8. The van der Waals surface area contributed by atoms with Gasteiger partial charge in [0.1, 0.15) is 16.5 Å². The third kappa shape index (κ3) is 2.92. The number of halogens is 2. The minimum atomic E-state index is -4.25. The zero-order valence-corrected chi connectivity index (χ0v) is 16.4. The van der Waals surface area contributed by atoms with Crippen LogP contribution in [0, 0.1) is 11.6 Å². The fraction of sp³-hybridized carbons (Fsp3) is 0.381. The number of carbonyl (C=O) groups is 1. The maximum absolute atomic E-state index is 14.1. The Kier molecular flexibility index (Phi) is 4.00. The van der Waals surface area contributed by atoms with Crippen LogP contribution in [0.2, 0.25) is 0 Å². The summed E-state index contributed by atoms with van der Waals surface area (Å²) in [6.07, 6.45) is 5.33. The van der Waals surface area contributed by atoms with E-state index in [9.17, 15) is 22.0 Å². The molecular weight excluding hydrogens is 398 g/mol. The van der Waals surface area contributed by atoms with Gasteiger partial charge in [-0.05, 0) is 67.0 Å². The topological polar surface area (TPSA) is 75.3 Å². The Hall–Kier alpha value is -2.48. The molecule has 5 nitrogen and oxygen atoms in total. The summed E-state index contributed by atoms with van der Waals surface area (Å²) in [5, 5.41) is 3.04. The highest BCUT2D eigenvalue weighted by atomic mass is 32.2. The van der Waals surface area contributed by atoms with Gasteiger partial charge in [0, 0.05) is 17.4 Å². The number of carbonyl (C=O) groups excluding carboxylic acids is 1. The van der Waals surface area contributed by atoms with Gasteiger partial charge >= 0.3 is 0 Å². The van der Waals surface area contributed by atoms with Crippen molar-refractivity contribution >= 4 is 27.3 Å². The van der Waals surface area contributed by atoms with Crippen molar-refractivity contribution in [1.82, 2.24) is 0 Å². The fourth-order valence-electron chi connectivity index (χ4n) is 4.69. The molecule has 0 aromatic heterocycles. The molecule has 3 aliphatic rings. The summed E-state index contributed by atoms with van der Waals surface area (Å²) in [6.45, 7) is 0. The van der Waals surface area contributed by atoms with Gasteiger partial charge in [-0.25, -0.2) is 17.2 Å². The highest BCUT2D eigenvalue weighted by Gasteiger charge is 2.50. The summed E-state index contributed by atoms with van der Waals surface area (Å²) < 4.78 is 55.2. The van der Waals surface area contributed by atoms with E-state index in [1.54, 1.807) is 12.1 Å². The molecule has 2 fully saturated rings. The number of anilines is 2. The molecule has 0 bridgehead atoms. The monoisotopic (exact) mass is 418 g/mol. The van der Waals surface area contributed by atoms with E-state index >= 15 is 0 Å². The van der Waals surface area contributed by atoms with Crippen molar-refractivity contribution in [2.45, 2.75) is 54.8 Å². The second-order valence-corrected chi connectivity index (χ2v) is 9.84. The van der Waals surface area contributed by atoms with E-state index in [4.69, 9.17) is 0 Å². The number of rotatable bonds is 4. The van der Waals surface area contributed by atoms with Crippen molar-refractivity contribution in [3.8, 4) is 0 Å². The van der Waals surface area contributed by atoms with Crippen LogP contribution in [0.1, 0.15) is 55.6 Å². The lowest BCUT2D eigenvalue weighted by Gasteiger charge is -2.22. The Bertz CT molecular complexity index is 1140. The first kappa shape index (κ1) is 18.5. The second kappa shape index (κ2) is 6.26. The van der Waals surface area contributed by atoms with Crippen LogP contribution in [0.3, 0.4) is 0 Å². The molecule has 0 radical (unpaired) electrons. The first-order valence-electron chi connectivity index (χ1n) is 9.78. The van der Waals surface area contributed by atoms with Crippen LogP contribution < -0.4 is 10.0 Å².